The first-order valence-electron chi connectivity index (χ1n) is 6.95. The molecule has 1 aliphatic rings. The van der Waals surface area contributed by atoms with Crippen molar-refractivity contribution in [3.05, 3.63) is 41.5 Å². The minimum atomic E-state index is -4.31. The van der Waals surface area contributed by atoms with Gasteiger partial charge < -0.3 is 0 Å². The first-order valence-corrected chi connectivity index (χ1v) is 6.95. The molecule has 1 aromatic carbocycles. The molecule has 0 saturated carbocycles. The zero-order valence-electron chi connectivity index (χ0n) is 11.9. The molecule has 1 heterocycles. The summed E-state index contributed by atoms with van der Waals surface area (Å²) in [4.78, 5) is 13.1. The van der Waals surface area contributed by atoms with E-state index in [9.17, 15) is 18.0 Å². The lowest BCUT2D eigenvalue weighted by Crippen LogP contribution is -2.30. The molecule has 0 atom stereocenters. The topological polar surface area (TPSA) is 20.3 Å². The second-order valence-electron chi connectivity index (χ2n) is 5.31. The molecule has 2 nitrogen and oxygen atoms in total. The summed E-state index contributed by atoms with van der Waals surface area (Å²) in [7, 11) is 0. The fourth-order valence-electron chi connectivity index (χ4n) is 2.39. The fraction of sp³-hybridized carbons (Fsp3) is 0.438. The van der Waals surface area contributed by atoms with E-state index in [0.717, 1.165) is 18.2 Å². The summed E-state index contributed by atoms with van der Waals surface area (Å²) in [6.07, 6.45) is -1.12. The monoisotopic (exact) mass is 297 g/mol. The highest BCUT2D eigenvalue weighted by Gasteiger charge is 2.30. The number of carbonyl (C=O) groups excluding carboxylic acids is 1. The molecule has 0 radical (unpaired) electrons. The molecule has 0 bridgehead atoms. The van der Waals surface area contributed by atoms with Crippen molar-refractivity contribution in [3.63, 3.8) is 0 Å². The van der Waals surface area contributed by atoms with Crippen LogP contribution in [0.3, 0.4) is 0 Å². The minimum absolute atomic E-state index is 0.155. The van der Waals surface area contributed by atoms with Crippen LogP contribution in [0.2, 0.25) is 0 Å². The summed E-state index contributed by atoms with van der Waals surface area (Å²) in [5.41, 5.74) is 0.969. The number of nitrogens with zero attached hydrogens (tertiary/aromatic N) is 1. The summed E-state index contributed by atoms with van der Waals surface area (Å²) in [5, 5.41) is 0. The molecule has 0 fully saturated rings. The molecule has 5 heteroatoms. The van der Waals surface area contributed by atoms with Gasteiger partial charge in [0.15, 0.2) is 0 Å². The van der Waals surface area contributed by atoms with Gasteiger partial charge in [-0.15, -0.1) is 0 Å². The summed E-state index contributed by atoms with van der Waals surface area (Å²) < 4.78 is 38.1. The number of ketones is 1. The van der Waals surface area contributed by atoms with Gasteiger partial charge in [0.2, 0.25) is 0 Å². The molecule has 0 aliphatic carbocycles. The molecule has 0 saturated heterocycles. The van der Waals surface area contributed by atoms with E-state index in [2.05, 4.69) is 4.90 Å². The van der Waals surface area contributed by atoms with Crippen LogP contribution in [0.1, 0.15) is 30.9 Å². The Kier molecular flexibility index (Phi) is 4.83. The number of Topliss-reactive ketones (excluding diaryl/α,β-unsaturated/α-hetero) is 1. The SMILES string of the molecule is CC(=O)CCN1CC=C(c2cccc(C(F)(F)F)c2)CC1. The lowest BCUT2D eigenvalue weighted by Gasteiger charge is -2.26. The Morgan fingerprint density at radius 2 is 2.10 bits per heavy atom. The Morgan fingerprint density at radius 1 is 1.33 bits per heavy atom. The van der Waals surface area contributed by atoms with Gasteiger partial charge in [0.1, 0.15) is 5.78 Å². The van der Waals surface area contributed by atoms with E-state index in [0.29, 0.717) is 31.5 Å². The number of halogens is 3. The Bertz CT molecular complexity index is 549. The van der Waals surface area contributed by atoms with Crippen molar-refractivity contribution < 1.29 is 18.0 Å². The Hall–Kier alpha value is -1.62. The van der Waals surface area contributed by atoms with Crippen molar-refractivity contribution in [2.45, 2.75) is 25.9 Å². The summed E-state index contributed by atoms with van der Waals surface area (Å²) in [5.74, 6) is 0.155. The summed E-state index contributed by atoms with van der Waals surface area (Å²) in [6, 6.07) is 5.45. The van der Waals surface area contributed by atoms with Gasteiger partial charge in [-0.1, -0.05) is 18.2 Å². The molecular weight excluding hydrogens is 279 g/mol. The fourth-order valence-corrected chi connectivity index (χ4v) is 2.39. The van der Waals surface area contributed by atoms with Crippen molar-refractivity contribution in [1.82, 2.24) is 4.90 Å². The van der Waals surface area contributed by atoms with Crippen molar-refractivity contribution in [2.24, 2.45) is 0 Å². The number of rotatable bonds is 4. The van der Waals surface area contributed by atoms with Crippen LogP contribution in [-0.2, 0) is 11.0 Å². The smallest absolute Gasteiger partial charge is 0.300 e. The lowest BCUT2D eigenvalue weighted by atomic mass is 9.97. The van der Waals surface area contributed by atoms with Gasteiger partial charge in [-0.05, 0) is 36.6 Å². The van der Waals surface area contributed by atoms with Gasteiger partial charge in [0.05, 0.1) is 5.56 Å². The van der Waals surface area contributed by atoms with Crippen LogP contribution in [0.4, 0.5) is 13.2 Å². The number of hydrogen-bond donors (Lipinski definition) is 0. The Balaban J connectivity index is 2.05. The summed E-state index contributed by atoms with van der Waals surface area (Å²) >= 11 is 0. The quantitative estimate of drug-likeness (QED) is 0.843. The van der Waals surface area contributed by atoms with E-state index in [1.165, 1.54) is 12.1 Å². The molecule has 0 spiro atoms. The summed E-state index contributed by atoms with van der Waals surface area (Å²) in [6.45, 7) is 3.73. The van der Waals surface area contributed by atoms with Crippen molar-refractivity contribution in [2.75, 3.05) is 19.6 Å². The highest BCUT2D eigenvalue weighted by molar-refractivity contribution is 5.75. The molecule has 1 aliphatic heterocycles. The molecule has 0 N–H and O–H groups in total. The largest absolute Gasteiger partial charge is 0.416 e. The average Bonchev–Trinajstić information content (AvgIpc) is 2.45. The first kappa shape index (κ1) is 15.8. The minimum Gasteiger partial charge on any atom is -0.300 e. The molecule has 114 valence electrons. The van der Waals surface area contributed by atoms with Gasteiger partial charge in [-0.25, -0.2) is 0 Å². The van der Waals surface area contributed by atoms with Crippen molar-refractivity contribution in [3.8, 4) is 0 Å². The van der Waals surface area contributed by atoms with Gasteiger partial charge in [-0.2, -0.15) is 13.2 Å². The molecule has 0 amide bonds. The van der Waals surface area contributed by atoms with Gasteiger partial charge in [0.25, 0.3) is 0 Å². The van der Waals surface area contributed by atoms with E-state index in [4.69, 9.17) is 0 Å². The van der Waals surface area contributed by atoms with Crippen LogP contribution >= 0.6 is 0 Å². The second-order valence-corrected chi connectivity index (χ2v) is 5.31. The van der Waals surface area contributed by atoms with E-state index in [1.807, 2.05) is 6.08 Å². The van der Waals surface area contributed by atoms with E-state index in [1.54, 1.807) is 13.0 Å². The number of benzene rings is 1. The molecule has 0 unspecified atom stereocenters. The van der Waals surface area contributed by atoms with E-state index in [-0.39, 0.29) is 5.78 Å². The zero-order valence-corrected chi connectivity index (χ0v) is 11.9. The highest BCUT2D eigenvalue weighted by atomic mass is 19.4. The molecule has 21 heavy (non-hydrogen) atoms. The van der Waals surface area contributed by atoms with Crippen molar-refractivity contribution >= 4 is 11.4 Å². The van der Waals surface area contributed by atoms with Crippen LogP contribution in [0.5, 0.6) is 0 Å². The van der Waals surface area contributed by atoms with E-state index < -0.39 is 11.7 Å². The number of alkyl halides is 3. The normalized spacial score (nSPS) is 16.7. The van der Waals surface area contributed by atoms with Crippen LogP contribution < -0.4 is 0 Å². The maximum atomic E-state index is 12.7. The third-order valence-corrected chi connectivity index (χ3v) is 3.63. The van der Waals surface area contributed by atoms with Gasteiger partial charge in [0, 0.05) is 26.1 Å². The maximum absolute atomic E-state index is 12.7. The molecule has 1 aromatic rings. The number of carbonyl (C=O) groups is 1. The third-order valence-electron chi connectivity index (χ3n) is 3.63. The average molecular weight is 297 g/mol. The van der Waals surface area contributed by atoms with Crippen molar-refractivity contribution in [1.29, 1.82) is 0 Å². The predicted octanol–water partition coefficient (Wildman–Crippen LogP) is 3.77. The van der Waals surface area contributed by atoms with Gasteiger partial charge >= 0.3 is 6.18 Å². The Labute approximate surface area is 122 Å². The first-order chi connectivity index (χ1) is 9.86. The zero-order chi connectivity index (χ0) is 15.5. The highest BCUT2D eigenvalue weighted by Crippen LogP contribution is 2.32. The maximum Gasteiger partial charge on any atom is 0.416 e. The van der Waals surface area contributed by atoms with Crippen LogP contribution in [0.25, 0.3) is 5.57 Å². The number of hydrogen-bond acceptors (Lipinski definition) is 2. The second kappa shape index (κ2) is 6.43. The van der Waals surface area contributed by atoms with Crippen LogP contribution in [0.15, 0.2) is 30.3 Å². The molecule has 2 rings (SSSR count). The van der Waals surface area contributed by atoms with E-state index >= 15 is 0 Å². The predicted molar refractivity (Wildman–Crippen MR) is 75.8 cm³/mol. The Morgan fingerprint density at radius 3 is 2.67 bits per heavy atom. The lowest BCUT2D eigenvalue weighted by molar-refractivity contribution is -0.137. The van der Waals surface area contributed by atoms with Crippen LogP contribution in [-0.4, -0.2) is 30.3 Å². The standard InChI is InChI=1S/C16H18F3NO/c1-12(21)5-8-20-9-6-13(7-10-20)14-3-2-4-15(11-14)16(17,18)19/h2-4,6,11H,5,7-10H2,1H3. The molecule has 0 aromatic heterocycles. The van der Waals surface area contributed by atoms with Gasteiger partial charge in [-0.3, -0.25) is 9.69 Å². The van der Waals surface area contributed by atoms with Crippen LogP contribution in [0, 0.1) is 0 Å². The molecular formula is C16H18F3NO. The third kappa shape index (κ3) is 4.43.